The zero-order chi connectivity index (χ0) is 13.4. The molecule has 3 rings (SSSR count). The van der Waals surface area contributed by atoms with Crippen LogP contribution in [0.3, 0.4) is 0 Å². The average molecular weight is 261 g/mol. The predicted octanol–water partition coefficient (Wildman–Crippen LogP) is 4.06. The zero-order valence-corrected chi connectivity index (χ0v) is 11.4. The highest BCUT2D eigenvalue weighted by Crippen LogP contribution is 2.31. The standard InChI is InChI=1S/C16H20FNO/c1-10(9-18-13-6-7-13)11(2)15-8-12-4-3-5-14(17)16(12)19-15/h3-5,8,10-11,13,18H,6-7,9H2,1-2H3. The van der Waals surface area contributed by atoms with Gasteiger partial charge in [0.1, 0.15) is 5.76 Å². The Kier molecular flexibility index (Phi) is 3.31. The number of halogens is 1. The van der Waals surface area contributed by atoms with Crippen molar-refractivity contribution in [1.29, 1.82) is 0 Å². The molecule has 2 nitrogen and oxygen atoms in total. The van der Waals surface area contributed by atoms with Gasteiger partial charge in [-0.3, -0.25) is 0 Å². The van der Waals surface area contributed by atoms with E-state index in [-0.39, 0.29) is 11.7 Å². The number of furan rings is 1. The molecule has 0 spiro atoms. The van der Waals surface area contributed by atoms with Gasteiger partial charge in [0, 0.05) is 17.3 Å². The minimum atomic E-state index is -0.278. The van der Waals surface area contributed by atoms with Crippen LogP contribution in [0.2, 0.25) is 0 Å². The van der Waals surface area contributed by atoms with Crippen molar-refractivity contribution in [2.24, 2.45) is 5.92 Å². The highest BCUT2D eigenvalue weighted by molar-refractivity contribution is 5.78. The molecule has 1 saturated carbocycles. The van der Waals surface area contributed by atoms with Crippen molar-refractivity contribution in [3.8, 4) is 0 Å². The van der Waals surface area contributed by atoms with Gasteiger partial charge in [-0.25, -0.2) is 4.39 Å². The van der Waals surface area contributed by atoms with Crippen LogP contribution >= 0.6 is 0 Å². The van der Waals surface area contributed by atoms with Crippen molar-refractivity contribution in [2.75, 3.05) is 6.54 Å². The summed E-state index contributed by atoms with van der Waals surface area (Å²) < 4.78 is 19.3. The lowest BCUT2D eigenvalue weighted by Crippen LogP contribution is -2.25. The first kappa shape index (κ1) is 12.7. The van der Waals surface area contributed by atoms with Crippen LogP contribution in [-0.2, 0) is 0 Å². The summed E-state index contributed by atoms with van der Waals surface area (Å²) in [7, 11) is 0. The Morgan fingerprint density at radius 2 is 2.16 bits per heavy atom. The van der Waals surface area contributed by atoms with Crippen molar-refractivity contribution in [2.45, 2.75) is 38.6 Å². The molecule has 0 bridgehead atoms. The first-order chi connectivity index (χ1) is 9.15. The Bertz CT molecular complexity index is 573. The number of rotatable bonds is 5. The second-order valence-corrected chi connectivity index (χ2v) is 5.76. The van der Waals surface area contributed by atoms with E-state index >= 15 is 0 Å². The van der Waals surface area contributed by atoms with Gasteiger partial charge >= 0.3 is 0 Å². The Hall–Kier alpha value is -1.35. The largest absolute Gasteiger partial charge is 0.458 e. The van der Waals surface area contributed by atoms with Gasteiger partial charge in [0.25, 0.3) is 0 Å². The third kappa shape index (κ3) is 2.66. The minimum Gasteiger partial charge on any atom is -0.458 e. The summed E-state index contributed by atoms with van der Waals surface area (Å²) in [6, 6.07) is 7.75. The van der Waals surface area contributed by atoms with Gasteiger partial charge in [0.15, 0.2) is 11.4 Å². The predicted molar refractivity (Wildman–Crippen MR) is 74.8 cm³/mol. The summed E-state index contributed by atoms with van der Waals surface area (Å²) in [5.41, 5.74) is 0.381. The Balaban J connectivity index is 1.76. The van der Waals surface area contributed by atoms with Gasteiger partial charge < -0.3 is 9.73 Å². The van der Waals surface area contributed by atoms with Crippen molar-refractivity contribution in [1.82, 2.24) is 5.32 Å². The van der Waals surface area contributed by atoms with Crippen molar-refractivity contribution < 1.29 is 8.81 Å². The number of hydrogen-bond acceptors (Lipinski definition) is 2. The topological polar surface area (TPSA) is 25.2 Å². The Labute approximate surface area is 113 Å². The zero-order valence-electron chi connectivity index (χ0n) is 11.4. The molecule has 0 amide bonds. The number of hydrogen-bond donors (Lipinski definition) is 1. The van der Waals surface area contributed by atoms with E-state index in [0.717, 1.165) is 23.7 Å². The third-order valence-electron chi connectivity index (χ3n) is 4.12. The van der Waals surface area contributed by atoms with E-state index in [0.29, 0.717) is 11.5 Å². The molecule has 19 heavy (non-hydrogen) atoms. The highest BCUT2D eigenvalue weighted by Gasteiger charge is 2.24. The van der Waals surface area contributed by atoms with E-state index in [1.165, 1.54) is 18.9 Å². The van der Waals surface area contributed by atoms with E-state index in [1.54, 1.807) is 6.07 Å². The maximum Gasteiger partial charge on any atom is 0.169 e. The molecule has 1 N–H and O–H groups in total. The van der Waals surface area contributed by atoms with Crippen molar-refractivity contribution in [3.05, 3.63) is 35.8 Å². The normalized spacial score (nSPS) is 18.7. The van der Waals surface area contributed by atoms with E-state index in [1.807, 2.05) is 12.1 Å². The van der Waals surface area contributed by atoms with Crippen molar-refractivity contribution in [3.63, 3.8) is 0 Å². The highest BCUT2D eigenvalue weighted by atomic mass is 19.1. The van der Waals surface area contributed by atoms with Crippen LogP contribution in [0.1, 0.15) is 38.4 Å². The fourth-order valence-corrected chi connectivity index (χ4v) is 2.37. The molecule has 1 aromatic heterocycles. The maximum absolute atomic E-state index is 13.6. The fourth-order valence-electron chi connectivity index (χ4n) is 2.37. The maximum atomic E-state index is 13.6. The molecule has 3 heteroatoms. The van der Waals surface area contributed by atoms with Crippen LogP contribution in [0.4, 0.5) is 4.39 Å². The molecule has 1 heterocycles. The molecular weight excluding hydrogens is 241 g/mol. The number of fused-ring (bicyclic) bond motifs is 1. The van der Waals surface area contributed by atoms with Gasteiger partial charge in [-0.15, -0.1) is 0 Å². The Morgan fingerprint density at radius 3 is 2.84 bits per heavy atom. The SMILES string of the molecule is CC(CNC1CC1)C(C)c1cc2cccc(F)c2o1. The number of benzene rings is 1. The first-order valence-electron chi connectivity index (χ1n) is 7.06. The molecular formula is C16H20FNO. The van der Waals surface area contributed by atoms with Crippen LogP contribution in [0.25, 0.3) is 11.0 Å². The quantitative estimate of drug-likeness (QED) is 0.878. The monoisotopic (exact) mass is 261 g/mol. The molecule has 102 valence electrons. The van der Waals surface area contributed by atoms with Gasteiger partial charge in [-0.2, -0.15) is 0 Å². The van der Waals surface area contributed by atoms with Crippen LogP contribution in [0.15, 0.2) is 28.7 Å². The summed E-state index contributed by atoms with van der Waals surface area (Å²) in [4.78, 5) is 0. The summed E-state index contributed by atoms with van der Waals surface area (Å²) in [6.07, 6.45) is 2.61. The fraction of sp³-hybridized carbons (Fsp3) is 0.500. The molecule has 2 atom stereocenters. The molecule has 1 aliphatic rings. The van der Waals surface area contributed by atoms with Crippen molar-refractivity contribution >= 4 is 11.0 Å². The van der Waals surface area contributed by atoms with Gasteiger partial charge in [-0.05, 0) is 37.4 Å². The van der Waals surface area contributed by atoms with E-state index in [2.05, 4.69) is 19.2 Å². The van der Waals surface area contributed by atoms with Crippen LogP contribution in [0, 0.1) is 11.7 Å². The summed E-state index contributed by atoms with van der Waals surface area (Å²) in [5, 5.41) is 4.39. The molecule has 0 radical (unpaired) electrons. The van der Waals surface area contributed by atoms with Gasteiger partial charge in [0.2, 0.25) is 0 Å². The molecule has 1 aliphatic carbocycles. The number of para-hydroxylation sites is 1. The lowest BCUT2D eigenvalue weighted by molar-refractivity contribution is 0.387. The second-order valence-electron chi connectivity index (χ2n) is 5.76. The molecule has 0 aliphatic heterocycles. The van der Waals surface area contributed by atoms with Crippen LogP contribution in [0.5, 0.6) is 0 Å². The van der Waals surface area contributed by atoms with Crippen LogP contribution < -0.4 is 5.32 Å². The molecule has 2 aromatic rings. The summed E-state index contributed by atoms with van der Waals surface area (Å²) in [6.45, 7) is 5.35. The molecule has 1 fully saturated rings. The lowest BCUT2D eigenvalue weighted by Gasteiger charge is -2.18. The third-order valence-corrected chi connectivity index (χ3v) is 4.12. The van der Waals surface area contributed by atoms with E-state index in [9.17, 15) is 4.39 Å². The summed E-state index contributed by atoms with van der Waals surface area (Å²) >= 11 is 0. The second kappa shape index (κ2) is 4.97. The van der Waals surface area contributed by atoms with Gasteiger partial charge in [-0.1, -0.05) is 26.0 Å². The summed E-state index contributed by atoms with van der Waals surface area (Å²) in [5.74, 6) is 1.37. The first-order valence-corrected chi connectivity index (χ1v) is 7.06. The van der Waals surface area contributed by atoms with Crippen LogP contribution in [-0.4, -0.2) is 12.6 Å². The molecule has 1 aromatic carbocycles. The number of nitrogens with one attached hydrogen (secondary N) is 1. The Morgan fingerprint density at radius 1 is 1.37 bits per heavy atom. The smallest absolute Gasteiger partial charge is 0.169 e. The van der Waals surface area contributed by atoms with Gasteiger partial charge in [0.05, 0.1) is 0 Å². The molecule has 0 saturated heterocycles. The van der Waals surface area contributed by atoms with E-state index < -0.39 is 0 Å². The van der Waals surface area contributed by atoms with E-state index in [4.69, 9.17) is 4.42 Å². The minimum absolute atomic E-state index is 0.278. The average Bonchev–Trinajstić information content (AvgIpc) is 3.12. The molecule has 2 unspecified atom stereocenters. The lowest BCUT2D eigenvalue weighted by atomic mass is 9.93.